The lowest BCUT2D eigenvalue weighted by Crippen LogP contribution is -2.55. The first-order valence-corrected chi connectivity index (χ1v) is 6.24. The van der Waals surface area contributed by atoms with Gasteiger partial charge >= 0.3 is 12.0 Å². The summed E-state index contributed by atoms with van der Waals surface area (Å²) in [6.45, 7) is 0.558. The van der Waals surface area contributed by atoms with Gasteiger partial charge in [-0.05, 0) is 12.8 Å². The molecule has 0 spiro atoms. The number of aliphatic carboxylic acids is 1. The van der Waals surface area contributed by atoms with Crippen LogP contribution in [0.2, 0.25) is 0 Å². The number of carboxylic acid groups (broad SMARTS) is 1. The van der Waals surface area contributed by atoms with E-state index in [0.717, 1.165) is 11.3 Å². The van der Waals surface area contributed by atoms with Gasteiger partial charge in [0.1, 0.15) is 12.1 Å². The van der Waals surface area contributed by atoms with E-state index in [2.05, 4.69) is 10.6 Å². The minimum absolute atomic E-state index is 0.0135. The number of urea groups is 1. The Morgan fingerprint density at radius 3 is 2.79 bits per heavy atom. The standard InChI is InChI=1S/C11H17N3O5/c15-6-4-8(10(17)18)14(5-6)11(19)13-7-2-1-3-12-9(7)16/h6-8,15H,1-5H2,(H,12,16)(H,13,19)(H,17,18)/t6?,7?,8-/m0/s1. The second kappa shape index (κ2) is 5.43. The van der Waals surface area contributed by atoms with Crippen molar-refractivity contribution in [1.82, 2.24) is 15.5 Å². The van der Waals surface area contributed by atoms with Crippen LogP contribution in [-0.2, 0) is 9.59 Å². The molecule has 2 aliphatic heterocycles. The maximum atomic E-state index is 12.0. The summed E-state index contributed by atoms with van der Waals surface area (Å²) in [4.78, 5) is 35.6. The van der Waals surface area contributed by atoms with Crippen molar-refractivity contribution < 1.29 is 24.6 Å². The van der Waals surface area contributed by atoms with Gasteiger partial charge in [-0.1, -0.05) is 0 Å². The van der Waals surface area contributed by atoms with Gasteiger partial charge in [0.15, 0.2) is 0 Å². The molecule has 0 aliphatic carbocycles. The number of rotatable bonds is 2. The summed E-state index contributed by atoms with van der Waals surface area (Å²) < 4.78 is 0. The number of carbonyl (C=O) groups is 3. The van der Waals surface area contributed by atoms with Gasteiger partial charge in [0.05, 0.1) is 6.10 Å². The molecule has 2 saturated heterocycles. The average molecular weight is 271 g/mol. The van der Waals surface area contributed by atoms with E-state index in [-0.39, 0.29) is 18.9 Å². The zero-order valence-corrected chi connectivity index (χ0v) is 10.3. The van der Waals surface area contributed by atoms with Gasteiger partial charge in [-0.3, -0.25) is 4.79 Å². The molecular formula is C11H17N3O5. The number of carboxylic acids is 1. The molecular weight excluding hydrogens is 254 g/mol. The number of nitrogens with one attached hydrogen (secondary N) is 2. The van der Waals surface area contributed by atoms with Crippen LogP contribution in [0.4, 0.5) is 4.79 Å². The Morgan fingerprint density at radius 1 is 1.42 bits per heavy atom. The third-order valence-corrected chi connectivity index (χ3v) is 3.41. The second-order valence-electron chi connectivity index (χ2n) is 4.83. The Hall–Kier alpha value is -1.83. The summed E-state index contributed by atoms with van der Waals surface area (Å²) >= 11 is 0. The number of aliphatic hydroxyl groups is 1. The fourth-order valence-corrected chi connectivity index (χ4v) is 2.41. The smallest absolute Gasteiger partial charge is 0.326 e. The number of amides is 3. The lowest BCUT2D eigenvalue weighted by molar-refractivity contribution is -0.141. The first-order valence-electron chi connectivity index (χ1n) is 6.24. The number of aliphatic hydroxyl groups excluding tert-OH is 1. The van der Waals surface area contributed by atoms with Crippen LogP contribution in [0.25, 0.3) is 0 Å². The highest BCUT2D eigenvalue weighted by molar-refractivity contribution is 5.89. The highest BCUT2D eigenvalue weighted by Crippen LogP contribution is 2.18. The number of hydrogen-bond acceptors (Lipinski definition) is 4. The van der Waals surface area contributed by atoms with E-state index in [1.165, 1.54) is 0 Å². The quantitative estimate of drug-likeness (QED) is 0.487. The topological polar surface area (TPSA) is 119 Å². The van der Waals surface area contributed by atoms with Gasteiger partial charge in [0.25, 0.3) is 0 Å². The Kier molecular flexibility index (Phi) is 3.89. The molecule has 2 rings (SSSR count). The zero-order valence-electron chi connectivity index (χ0n) is 10.3. The van der Waals surface area contributed by atoms with Crippen LogP contribution in [0.1, 0.15) is 19.3 Å². The molecule has 0 aromatic carbocycles. The summed E-state index contributed by atoms with van der Waals surface area (Å²) in [5.41, 5.74) is 0. The molecule has 3 amide bonds. The third kappa shape index (κ3) is 2.95. The molecule has 0 aromatic heterocycles. The molecule has 0 bridgehead atoms. The fraction of sp³-hybridized carbons (Fsp3) is 0.727. The molecule has 8 heteroatoms. The van der Waals surface area contributed by atoms with Gasteiger partial charge in [-0.2, -0.15) is 0 Å². The molecule has 0 aromatic rings. The van der Waals surface area contributed by atoms with Crippen molar-refractivity contribution >= 4 is 17.9 Å². The fourth-order valence-electron chi connectivity index (χ4n) is 2.41. The highest BCUT2D eigenvalue weighted by Gasteiger charge is 2.40. The summed E-state index contributed by atoms with van der Waals surface area (Å²) in [6.07, 6.45) is 0.472. The van der Waals surface area contributed by atoms with E-state index in [4.69, 9.17) is 5.11 Å². The first kappa shape index (κ1) is 13.6. The number of β-amino-alcohol motifs (C(OH)–C–C–N with tert-alkyl or cyclic N) is 1. The number of hydrogen-bond donors (Lipinski definition) is 4. The number of nitrogens with zero attached hydrogens (tertiary/aromatic N) is 1. The van der Waals surface area contributed by atoms with E-state index in [1.807, 2.05) is 0 Å². The Morgan fingerprint density at radius 2 is 2.16 bits per heavy atom. The van der Waals surface area contributed by atoms with Gasteiger partial charge < -0.3 is 25.7 Å². The normalized spacial score (nSPS) is 30.9. The van der Waals surface area contributed by atoms with Crippen molar-refractivity contribution in [3.63, 3.8) is 0 Å². The van der Waals surface area contributed by atoms with Gasteiger partial charge in [-0.25, -0.2) is 9.59 Å². The number of likely N-dealkylation sites (tertiary alicyclic amines) is 1. The monoisotopic (exact) mass is 271 g/mol. The van der Waals surface area contributed by atoms with E-state index in [1.54, 1.807) is 0 Å². The molecule has 106 valence electrons. The molecule has 2 aliphatic rings. The van der Waals surface area contributed by atoms with Crippen molar-refractivity contribution in [1.29, 1.82) is 0 Å². The largest absolute Gasteiger partial charge is 0.480 e. The van der Waals surface area contributed by atoms with E-state index in [9.17, 15) is 19.5 Å². The number of piperidine rings is 1. The summed E-state index contributed by atoms with van der Waals surface area (Å²) in [7, 11) is 0. The van der Waals surface area contributed by atoms with Crippen LogP contribution in [0.5, 0.6) is 0 Å². The maximum absolute atomic E-state index is 12.0. The minimum Gasteiger partial charge on any atom is -0.480 e. The SMILES string of the molecule is O=C1NCCCC1NC(=O)N1CC(O)C[C@H]1C(=O)O. The van der Waals surface area contributed by atoms with Crippen LogP contribution < -0.4 is 10.6 Å². The average Bonchev–Trinajstić information content (AvgIpc) is 2.74. The van der Waals surface area contributed by atoms with E-state index >= 15 is 0 Å². The molecule has 0 saturated carbocycles. The molecule has 2 unspecified atom stereocenters. The lowest BCUT2D eigenvalue weighted by Gasteiger charge is -2.27. The van der Waals surface area contributed by atoms with Crippen molar-refractivity contribution in [3.8, 4) is 0 Å². The summed E-state index contributed by atoms with van der Waals surface area (Å²) in [6, 6.07) is -2.29. The highest BCUT2D eigenvalue weighted by atomic mass is 16.4. The first-order chi connectivity index (χ1) is 8.99. The Balaban J connectivity index is 1.98. The maximum Gasteiger partial charge on any atom is 0.326 e. The van der Waals surface area contributed by atoms with Crippen molar-refractivity contribution in [2.75, 3.05) is 13.1 Å². The lowest BCUT2D eigenvalue weighted by atomic mass is 10.1. The van der Waals surface area contributed by atoms with Crippen molar-refractivity contribution in [2.45, 2.75) is 37.5 Å². The second-order valence-corrected chi connectivity index (χ2v) is 4.83. The van der Waals surface area contributed by atoms with Gasteiger partial charge in [0, 0.05) is 19.5 Å². The predicted molar refractivity (Wildman–Crippen MR) is 63.3 cm³/mol. The third-order valence-electron chi connectivity index (χ3n) is 3.41. The van der Waals surface area contributed by atoms with Crippen LogP contribution in [0.15, 0.2) is 0 Å². The molecule has 19 heavy (non-hydrogen) atoms. The van der Waals surface area contributed by atoms with Crippen LogP contribution in [-0.4, -0.2) is 64.3 Å². The van der Waals surface area contributed by atoms with Crippen LogP contribution in [0, 0.1) is 0 Å². The van der Waals surface area contributed by atoms with Crippen molar-refractivity contribution in [2.24, 2.45) is 0 Å². The van der Waals surface area contributed by atoms with E-state index in [0.29, 0.717) is 13.0 Å². The van der Waals surface area contributed by atoms with Gasteiger partial charge in [0.2, 0.25) is 5.91 Å². The minimum atomic E-state index is -1.15. The molecule has 2 fully saturated rings. The zero-order chi connectivity index (χ0) is 14.0. The Labute approximate surface area is 109 Å². The summed E-state index contributed by atoms with van der Waals surface area (Å²) in [5.74, 6) is -1.41. The van der Waals surface area contributed by atoms with Gasteiger partial charge in [-0.15, -0.1) is 0 Å². The molecule has 4 N–H and O–H groups in total. The summed E-state index contributed by atoms with van der Waals surface area (Å²) in [5, 5.41) is 23.6. The Bertz CT molecular complexity index is 400. The molecule has 3 atom stereocenters. The molecule has 8 nitrogen and oxygen atoms in total. The van der Waals surface area contributed by atoms with Crippen LogP contribution >= 0.6 is 0 Å². The number of carbonyl (C=O) groups excluding carboxylic acids is 2. The predicted octanol–water partition coefficient (Wildman–Crippen LogP) is -1.51. The van der Waals surface area contributed by atoms with Crippen LogP contribution in [0.3, 0.4) is 0 Å². The molecule has 2 heterocycles. The van der Waals surface area contributed by atoms with Crippen molar-refractivity contribution in [3.05, 3.63) is 0 Å². The molecule has 0 radical (unpaired) electrons. The van der Waals surface area contributed by atoms with E-state index < -0.39 is 30.2 Å².